The van der Waals surface area contributed by atoms with Crippen molar-refractivity contribution in [2.75, 3.05) is 13.6 Å². The molecule has 1 rings (SSSR count). The van der Waals surface area contributed by atoms with Gasteiger partial charge in [-0.3, -0.25) is 4.79 Å². The summed E-state index contributed by atoms with van der Waals surface area (Å²) in [6.45, 7) is 7.73. The predicted octanol–water partition coefficient (Wildman–Crippen LogP) is 3.00. The summed E-state index contributed by atoms with van der Waals surface area (Å²) in [6.07, 6.45) is 3.58. The number of halogens is 1. The number of hydrogen-bond acceptors (Lipinski definition) is 2. The van der Waals surface area contributed by atoms with Crippen molar-refractivity contribution in [2.24, 2.45) is 11.7 Å². The van der Waals surface area contributed by atoms with E-state index >= 15 is 0 Å². The predicted molar refractivity (Wildman–Crippen MR) is 84.1 cm³/mol. The molecule has 2 N–H and O–H groups in total. The standard InChI is InChI=1S/C15H26ClN3O/c1-5-7-19-10-12(16)9-14(19)15(20)18(4)8-6-13(17)11(2)3/h9-11,13H,5-8,17H2,1-4H3. The average molecular weight is 300 g/mol. The Kier molecular flexibility index (Phi) is 6.56. The van der Waals surface area contributed by atoms with Crippen LogP contribution >= 0.6 is 11.6 Å². The lowest BCUT2D eigenvalue weighted by Gasteiger charge is -2.22. The summed E-state index contributed by atoms with van der Waals surface area (Å²) in [5.41, 5.74) is 6.67. The summed E-state index contributed by atoms with van der Waals surface area (Å²) < 4.78 is 1.92. The molecule has 1 amide bonds. The molecule has 0 radical (unpaired) electrons. The normalized spacial score (nSPS) is 12.8. The van der Waals surface area contributed by atoms with Crippen LogP contribution in [0.1, 0.15) is 44.1 Å². The number of hydrogen-bond donors (Lipinski definition) is 1. The maximum atomic E-state index is 12.4. The first-order chi connectivity index (χ1) is 9.36. The smallest absolute Gasteiger partial charge is 0.270 e. The van der Waals surface area contributed by atoms with E-state index in [4.69, 9.17) is 17.3 Å². The first kappa shape index (κ1) is 17.1. The van der Waals surface area contributed by atoms with Gasteiger partial charge in [-0.15, -0.1) is 0 Å². The second-order valence-corrected chi connectivity index (χ2v) is 6.10. The van der Waals surface area contributed by atoms with Gasteiger partial charge in [0.25, 0.3) is 5.91 Å². The van der Waals surface area contributed by atoms with Gasteiger partial charge in [0.2, 0.25) is 0 Å². The molecule has 5 heteroatoms. The van der Waals surface area contributed by atoms with Gasteiger partial charge in [0.1, 0.15) is 5.69 Å². The molecule has 0 saturated carbocycles. The molecule has 0 aliphatic rings. The monoisotopic (exact) mass is 299 g/mol. The second kappa shape index (κ2) is 7.70. The van der Waals surface area contributed by atoms with Crippen LogP contribution in [0, 0.1) is 5.92 Å². The van der Waals surface area contributed by atoms with Crippen LogP contribution in [0.25, 0.3) is 0 Å². The fourth-order valence-electron chi connectivity index (χ4n) is 2.05. The van der Waals surface area contributed by atoms with Gasteiger partial charge in [0.05, 0.1) is 5.02 Å². The highest BCUT2D eigenvalue weighted by molar-refractivity contribution is 6.31. The van der Waals surface area contributed by atoms with Crippen LogP contribution < -0.4 is 5.73 Å². The Morgan fingerprint density at radius 2 is 2.15 bits per heavy atom. The Hall–Kier alpha value is -1.00. The van der Waals surface area contributed by atoms with Crippen molar-refractivity contribution in [3.8, 4) is 0 Å². The van der Waals surface area contributed by atoms with E-state index in [9.17, 15) is 4.79 Å². The Bertz CT molecular complexity index is 442. The van der Waals surface area contributed by atoms with E-state index in [1.807, 2.05) is 17.8 Å². The minimum Gasteiger partial charge on any atom is -0.342 e. The molecular formula is C15H26ClN3O. The van der Waals surface area contributed by atoms with Crippen molar-refractivity contribution < 1.29 is 4.79 Å². The number of aromatic nitrogens is 1. The van der Waals surface area contributed by atoms with E-state index in [1.165, 1.54) is 0 Å². The van der Waals surface area contributed by atoms with Gasteiger partial charge in [-0.2, -0.15) is 0 Å². The van der Waals surface area contributed by atoms with E-state index in [1.54, 1.807) is 11.0 Å². The van der Waals surface area contributed by atoms with Crippen molar-refractivity contribution in [3.05, 3.63) is 23.0 Å². The lowest BCUT2D eigenvalue weighted by Crippen LogP contribution is -2.35. The molecule has 4 nitrogen and oxygen atoms in total. The molecule has 1 heterocycles. The van der Waals surface area contributed by atoms with Crippen molar-refractivity contribution in [2.45, 2.75) is 46.2 Å². The number of nitrogens with zero attached hydrogens (tertiary/aromatic N) is 2. The van der Waals surface area contributed by atoms with Gasteiger partial charge in [-0.05, 0) is 24.8 Å². The minimum atomic E-state index is 0.00121. The summed E-state index contributed by atoms with van der Waals surface area (Å²) in [5.74, 6) is 0.429. The van der Waals surface area contributed by atoms with Crippen LogP contribution in [0.3, 0.4) is 0 Å². The van der Waals surface area contributed by atoms with Crippen LogP contribution in [0.2, 0.25) is 5.02 Å². The zero-order valence-corrected chi connectivity index (χ0v) is 13.7. The number of rotatable bonds is 7. The zero-order chi connectivity index (χ0) is 15.3. The molecule has 0 bridgehead atoms. The van der Waals surface area contributed by atoms with E-state index < -0.39 is 0 Å². The first-order valence-corrected chi connectivity index (χ1v) is 7.61. The van der Waals surface area contributed by atoms with Crippen LogP contribution in [0.5, 0.6) is 0 Å². The Morgan fingerprint density at radius 1 is 1.50 bits per heavy atom. The summed E-state index contributed by atoms with van der Waals surface area (Å²) >= 11 is 6.01. The van der Waals surface area contributed by atoms with Crippen molar-refractivity contribution in [3.63, 3.8) is 0 Å². The molecule has 0 aliphatic heterocycles. The molecule has 1 aromatic heterocycles. The summed E-state index contributed by atoms with van der Waals surface area (Å²) in [4.78, 5) is 14.2. The maximum Gasteiger partial charge on any atom is 0.270 e. The third kappa shape index (κ3) is 4.53. The van der Waals surface area contributed by atoms with Gasteiger partial charge in [0, 0.05) is 32.4 Å². The molecule has 0 aromatic carbocycles. The largest absolute Gasteiger partial charge is 0.342 e. The lowest BCUT2D eigenvalue weighted by atomic mass is 10.0. The molecule has 0 saturated heterocycles. The quantitative estimate of drug-likeness (QED) is 0.841. The molecule has 1 unspecified atom stereocenters. The van der Waals surface area contributed by atoms with Crippen molar-refractivity contribution in [1.82, 2.24) is 9.47 Å². The topological polar surface area (TPSA) is 51.3 Å². The molecule has 1 aromatic rings. The number of carbonyl (C=O) groups is 1. The highest BCUT2D eigenvalue weighted by Crippen LogP contribution is 2.16. The summed E-state index contributed by atoms with van der Waals surface area (Å²) in [6, 6.07) is 1.86. The van der Waals surface area contributed by atoms with E-state index in [2.05, 4.69) is 20.8 Å². The van der Waals surface area contributed by atoms with Crippen LogP contribution in [-0.4, -0.2) is 35.0 Å². The minimum absolute atomic E-state index is 0.00121. The van der Waals surface area contributed by atoms with E-state index in [0.29, 0.717) is 23.2 Å². The fourth-order valence-corrected chi connectivity index (χ4v) is 2.27. The van der Waals surface area contributed by atoms with E-state index in [0.717, 1.165) is 19.4 Å². The highest BCUT2D eigenvalue weighted by atomic mass is 35.5. The molecule has 0 aliphatic carbocycles. The van der Waals surface area contributed by atoms with Crippen LogP contribution in [0.15, 0.2) is 12.3 Å². The molecule has 0 fully saturated rings. The number of nitrogens with two attached hydrogens (primary N) is 1. The van der Waals surface area contributed by atoms with Crippen molar-refractivity contribution in [1.29, 1.82) is 0 Å². The third-order valence-electron chi connectivity index (χ3n) is 3.55. The van der Waals surface area contributed by atoms with Gasteiger partial charge >= 0.3 is 0 Å². The zero-order valence-electron chi connectivity index (χ0n) is 12.9. The summed E-state index contributed by atoms with van der Waals surface area (Å²) in [7, 11) is 1.81. The second-order valence-electron chi connectivity index (χ2n) is 5.66. The molecule has 20 heavy (non-hydrogen) atoms. The number of aryl methyl sites for hydroxylation is 1. The molecular weight excluding hydrogens is 274 g/mol. The average Bonchev–Trinajstić information content (AvgIpc) is 2.75. The summed E-state index contributed by atoms with van der Waals surface area (Å²) in [5, 5.41) is 0.606. The van der Waals surface area contributed by atoms with Crippen LogP contribution in [-0.2, 0) is 6.54 Å². The lowest BCUT2D eigenvalue weighted by molar-refractivity contribution is 0.0778. The SMILES string of the molecule is CCCn1cc(Cl)cc1C(=O)N(C)CCC(N)C(C)C. The van der Waals surface area contributed by atoms with Crippen molar-refractivity contribution >= 4 is 17.5 Å². The first-order valence-electron chi connectivity index (χ1n) is 7.23. The molecule has 0 spiro atoms. The third-order valence-corrected chi connectivity index (χ3v) is 3.75. The maximum absolute atomic E-state index is 12.4. The number of amides is 1. The Labute approximate surface area is 126 Å². The van der Waals surface area contributed by atoms with Crippen LogP contribution in [0.4, 0.5) is 0 Å². The Morgan fingerprint density at radius 3 is 2.70 bits per heavy atom. The highest BCUT2D eigenvalue weighted by Gasteiger charge is 2.18. The molecule has 114 valence electrons. The van der Waals surface area contributed by atoms with Gasteiger partial charge in [-0.1, -0.05) is 32.4 Å². The van der Waals surface area contributed by atoms with Gasteiger partial charge in [0.15, 0.2) is 0 Å². The Balaban J connectivity index is 2.69. The van der Waals surface area contributed by atoms with Gasteiger partial charge < -0.3 is 15.2 Å². The fraction of sp³-hybridized carbons (Fsp3) is 0.667. The number of carbonyl (C=O) groups excluding carboxylic acids is 1. The van der Waals surface area contributed by atoms with Gasteiger partial charge in [-0.25, -0.2) is 0 Å². The van der Waals surface area contributed by atoms with E-state index in [-0.39, 0.29) is 11.9 Å². The molecule has 1 atom stereocenters.